The summed E-state index contributed by atoms with van der Waals surface area (Å²) >= 11 is 0. The predicted octanol–water partition coefficient (Wildman–Crippen LogP) is 8.28. The van der Waals surface area contributed by atoms with E-state index in [1.54, 1.807) is 0 Å². The highest BCUT2D eigenvalue weighted by Crippen LogP contribution is 2.37. The molecule has 0 unspecified atom stereocenters. The second-order valence-electron chi connectivity index (χ2n) is 10.3. The highest BCUT2D eigenvalue weighted by Gasteiger charge is 2.25. The number of aromatic nitrogens is 2. The van der Waals surface area contributed by atoms with Crippen LogP contribution < -0.4 is 10.2 Å². The number of hydrogen-bond acceptors (Lipinski definition) is 1. The fourth-order valence-electron chi connectivity index (χ4n) is 6.56. The first-order chi connectivity index (χ1) is 18.7. The van der Waals surface area contributed by atoms with Crippen LogP contribution in [0.15, 0.2) is 115 Å². The highest BCUT2D eigenvalue weighted by molar-refractivity contribution is 6.16. The largest absolute Gasteiger partial charge is 0.325 e. The maximum absolute atomic E-state index is 2.54. The van der Waals surface area contributed by atoms with Gasteiger partial charge in [-0.1, -0.05) is 91.0 Å². The van der Waals surface area contributed by atoms with Crippen LogP contribution in [0, 0.1) is 6.92 Å². The highest BCUT2D eigenvalue weighted by atomic mass is 15.3. The molecule has 7 aromatic rings. The molecule has 0 fully saturated rings. The van der Waals surface area contributed by atoms with Crippen molar-refractivity contribution in [3.8, 4) is 0 Å². The molecule has 1 aliphatic heterocycles. The van der Waals surface area contributed by atoms with Gasteiger partial charge in [0, 0.05) is 33.4 Å². The molecule has 182 valence electrons. The Bertz CT molecular complexity index is 2180. The zero-order chi connectivity index (χ0) is 25.4. The quantitative estimate of drug-likeness (QED) is 0.226. The third-order valence-electron chi connectivity index (χ3n) is 8.26. The molecule has 5 aromatic carbocycles. The van der Waals surface area contributed by atoms with Crippen LogP contribution in [0.4, 0.5) is 5.69 Å². The smallest absolute Gasteiger partial charge is 0.108 e. The van der Waals surface area contributed by atoms with Gasteiger partial charge >= 0.3 is 0 Å². The summed E-state index contributed by atoms with van der Waals surface area (Å²) in [7, 11) is 0. The number of para-hydroxylation sites is 4. The van der Waals surface area contributed by atoms with Crippen molar-refractivity contribution in [2.45, 2.75) is 20.0 Å². The Morgan fingerprint density at radius 1 is 0.526 bits per heavy atom. The Balaban J connectivity index is 1.72. The lowest BCUT2D eigenvalue weighted by atomic mass is 10.1. The number of rotatable bonds is 1. The third kappa shape index (κ3) is 2.79. The minimum absolute atomic E-state index is 0.0948. The Kier molecular flexibility index (Phi) is 4.42. The first kappa shape index (κ1) is 21.3. The van der Waals surface area contributed by atoms with E-state index in [0.717, 1.165) is 0 Å². The molecular formula is C35H27N3. The van der Waals surface area contributed by atoms with Crippen molar-refractivity contribution in [1.82, 2.24) is 8.97 Å². The average Bonchev–Trinajstić information content (AvgIpc) is 3.49. The Labute approximate surface area is 220 Å². The molecule has 0 saturated heterocycles. The van der Waals surface area contributed by atoms with Crippen molar-refractivity contribution in [2.24, 2.45) is 0 Å². The minimum Gasteiger partial charge on any atom is -0.325 e. The molecule has 2 aromatic heterocycles. The molecule has 3 heterocycles. The molecule has 0 radical (unpaired) electrons. The van der Waals surface area contributed by atoms with Gasteiger partial charge in [0.25, 0.3) is 0 Å². The van der Waals surface area contributed by atoms with Crippen molar-refractivity contribution in [3.05, 3.63) is 126 Å². The molecule has 0 saturated carbocycles. The van der Waals surface area contributed by atoms with Crippen LogP contribution in [-0.4, -0.2) is 8.97 Å². The van der Waals surface area contributed by atoms with Crippen LogP contribution in [-0.2, 0) is 0 Å². The third-order valence-corrected chi connectivity index (χ3v) is 8.26. The zero-order valence-corrected chi connectivity index (χ0v) is 21.5. The molecule has 0 aliphatic carbocycles. The summed E-state index contributed by atoms with van der Waals surface area (Å²) in [5.74, 6) is 0. The number of fused-ring (bicyclic) bond motifs is 10. The van der Waals surface area contributed by atoms with Gasteiger partial charge in [0.15, 0.2) is 0 Å². The molecule has 1 atom stereocenters. The summed E-state index contributed by atoms with van der Waals surface area (Å²) in [6.45, 7) is 4.51. The minimum atomic E-state index is 0.0948. The van der Waals surface area contributed by atoms with E-state index in [-0.39, 0.29) is 6.17 Å². The SMILES string of the molecule is Cc1ccccc1N1C=c2c3ccccc3c3ccccc3n3c4ccccc4c4cccc(c43)n2[C@@H]1C. The molecule has 0 bridgehead atoms. The van der Waals surface area contributed by atoms with Crippen molar-refractivity contribution >= 4 is 60.9 Å². The second-order valence-corrected chi connectivity index (χ2v) is 10.3. The average molecular weight is 490 g/mol. The standard InChI is InChI=1S/C35H27N3/c1-23-12-3-8-18-30(23)36-22-34-27-15-5-4-13-25(27)26-14-6-9-19-31(26)38-32-20-10-7-16-28(32)29-17-11-21-33(35(29)38)37(34)24(36)2/h3-22,24H,1-2H3/t24-/m1/s1. The normalized spacial score (nSPS) is 15.0. The lowest BCUT2D eigenvalue weighted by Crippen LogP contribution is -2.23. The van der Waals surface area contributed by atoms with E-state index in [0.29, 0.717) is 0 Å². The Morgan fingerprint density at radius 3 is 1.82 bits per heavy atom. The molecule has 8 rings (SSSR count). The number of nitrogens with zero attached hydrogens (tertiary/aromatic N) is 3. The predicted molar refractivity (Wildman–Crippen MR) is 161 cm³/mol. The van der Waals surface area contributed by atoms with Crippen LogP contribution in [0.2, 0.25) is 0 Å². The van der Waals surface area contributed by atoms with E-state index in [9.17, 15) is 0 Å². The van der Waals surface area contributed by atoms with Gasteiger partial charge in [-0.15, -0.1) is 0 Å². The van der Waals surface area contributed by atoms with E-state index in [4.69, 9.17) is 0 Å². The van der Waals surface area contributed by atoms with Crippen LogP contribution in [0.25, 0.3) is 55.2 Å². The maximum Gasteiger partial charge on any atom is 0.108 e. The number of hydrogen-bond donors (Lipinski definition) is 0. The lowest BCUT2D eigenvalue weighted by molar-refractivity contribution is 0.597. The van der Waals surface area contributed by atoms with Gasteiger partial charge in [-0.2, -0.15) is 0 Å². The summed E-state index contributed by atoms with van der Waals surface area (Å²) in [4.78, 5) is 2.43. The summed E-state index contributed by atoms with van der Waals surface area (Å²) in [5.41, 5.74) is 7.43. The Hall–Kier alpha value is -4.76. The van der Waals surface area contributed by atoms with Crippen molar-refractivity contribution in [2.75, 3.05) is 4.90 Å². The van der Waals surface area contributed by atoms with Gasteiger partial charge in [-0.25, -0.2) is 0 Å². The van der Waals surface area contributed by atoms with Crippen LogP contribution in [0.1, 0.15) is 18.7 Å². The van der Waals surface area contributed by atoms with Crippen LogP contribution in [0.5, 0.6) is 0 Å². The molecule has 38 heavy (non-hydrogen) atoms. The van der Waals surface area contributed by atoms with Gasteiger partial charge in [-0.05, 0) is 49.1 Å². The van der Waals surface area contributed by atoms with E-state index in [2.05, 4.69) is 149 Å². The number of benzene rings is 5. The topological polar surface area (TPSA) is 12.6 Å². The summed E-state index contributed by atoms with van der Waals surface area (Å²) in [6, 6.07) is 42.0. The van der Waals surface area contributed by atoms with Gasteiger partial charge in [0.2, 0.25) is 0 Å². The van der Waals surface area contributed by atoms with E-state index >= 15 is 0 Å². The van der Waals surface area contributed by atoms with Crippen LogP contribution in [0.3, 0.4) is 0 Å². The zero-order valence-electron chi connectivity index (χ0n) is 21.5. The van der Waals surface area contributed by atoms with Gasteiger partial charge < -0.3 is 13.9 Å². The lowest BCUT2D eigenvalue weighted by Gasteiger charge is -2.26. The fourth-order valence-corrected chi connectivity index (χ4v) is 6.56. The van der Waals surface area contributed by atoms with Crippen molar-refractivity contribution in [1.29, 1.82) is 0 Å². The fraction of sp³-hybridized carbons (Fsp3) is 0.0857. The Morgan fingerprint density at radius 2 is 1.08 bits per heavy atom. The van der Waals surface area contributed by atoms with Crippen molar-refractivity contribution in [3.63, 3.8) is 0 Å². The van der Waals surface area contributed by atoms with Crippen LogP contribution >= 0.6 is 0 Å². The van der Waals surface area contributed by atoms with Gasteiger partial charge in [0.05, 0.1) is 27.4 Å². The molecule has 0 spiro atoms. The van der Waals surface area contributed by atoms with E-state index < -0.39 is 0 Å². The number of anilines is 1. The molecule has 0 amide bonds. The molecule has 3 nitrogen and oxygen atoms in total. The monoisotopic (exact) mass is 489 g/mol. The maximum atomic E-state index is 2.54. The molecule has 1 aliphatic rings. The second kappa shape index (κ2) is 7.87. The summed E-state index contributed by atoms with van der Waals surface area (Å²) in [5, 5.41) is 7.51. The van der Waals surface area contributed by atoms with Gasteiger partial charge in [0.1, 0.15) is 6.17 Å². The summed E-state index contributed by atoms with van der Waals surface area (Å²) < 4.78 is 5.02. The van der Waals surface area contributed by atoms with E-state index in [1.807, 2.05) is 0 Å². The molecule has 3 heteroatoms. The van der Waals surface area contributed by atoms with Crippen molar-refractivity contribution < 1.29 is 0 Å². The molecule has 0 N–H and O–H groups in total. The first-order valence-electron chi connectivity index (χ1n) is 13.3. The number of aryl methyl sites for hydroxylation is 1. The van der Waals surface area contributed by atoms with Gasteiger partial charge in [-0.3, -0.25) is 0 Å². The van der Waals surface area contributed by atoms with E-state index in [1.165, 1.54) is 65.6 Å². The molecular weight excluding hydrogens is 462 g/mol. The first-order valence-corrected chi connectivity index (χ1v) is 13.3. The summed E-state index contributed by atoms with van der Waals surface area (Å²) in [6.07, 6.45) is 2.45.